The van der Waals surface area contributed by atoms with Gasteiger partial charge in [-0.15, -0.1) is 0 Å². The Labute approximate surface area is 144 Å². The van der Waals surface area contributed by atoms with Crippen LogP contribution >= 0.6 is 15.9 Å². The van der Waals surface area contributed by atoms with E-state index >= 15 is 0 Å². The summed E-state index contributed by atoms with van der Waals surface area (Å²) in [4.78, 5) is 11.2. The molecule has 118 valence electrons. The molecule has 2 rings (SSSR count). The first kappa shape index (κ1) is 17.7. The Balaban J connectivity index is 2.39. The molecule has 0 amide bonds. The predicted octanol–water partition coefficient (Wildman–Crippen LogP) is 4.46. The van der Waals surface area contributed by atoms with Gasteiger partial charge in [0.2, 0.25) is 0 Å². The summed E-state index contributed by atoms with van der Waals surface area (Å²) in [5, 5.41) is 0. The van der Waals surface area contributed by atoms with Crippen molar-refractivity contribution in [3.63, 3.8) is 0 Å². The van der Waals surface area contributed by atoms with Crippen molar-refractivity contribution in [2.75, 3.05) is 5.73 Å². The van der Waals surface area contributed by atoms with Crippen LogP contribution < -0.4 is 9.31 Å². The van der Waals surface area contributed by atoms with Crippen LogP contribution in [-0.2, 0) is 6.42 Å². The van der Waals surface area contributed by atoms with Gasteiger partial charge in [-0.2, -0.15) is 0 Å². The molecule has 1 heterocycles. The van der Waals surface area contributed by atoms with E-state index in [2.05, 4.69) is 42.7 Å². The van der Waals surface area contributed by atoms with Crippen LogP contribution in [0.15, 0.2) is 34.9 Å². The third-order valence-corrected chi connectivity index (χ3v) is 10.2. The van der Waals surface area contributed by atoms with Crippen LogP contribution in [0.1, 0.15) is 24.0 Å². The normalized spacial score (nSPS) is 13.2. The van der Waals surface area contributed by atoms with Crippen molar-refractivity contribution in [2.24, 2.45) is 0 Å². The molecule has 5 heteroatoms. The molecule has 0 bridgehead atoms. The maximum atomic E-state index is 13.8. The van der Waals surface area contributed by atoms with E-state index in [1.54, 1.807) is 18.3 Å². The number of hydrogen-bond donors (Lipinski definition) is 1. The topological polar surface area (TPSA) is 38.9 Å². The van der Waals surface area contributed by atoms with E-state index in [0.717, 1.165) is 22.0 Å². The zero-order chi connectivity index (χ0) is 16.5. The van der Waals surface area contributed by atoms with E-state index in [1.165, 1.54) is 3.58 Å². The van der Waals surface area contributed by atoms with E-state index in [9.17, 15) is 4.39 Å². The average Bonchev–Trinajstić information content (AvgIpc) is 2.41. The fourth-order valence-corrected chi connectivity index (χ4v) is 8.14. The zero-order valence-electron chi connectivity index (χ0n) is 13.5. The molecule has 1 aromatic carbocycles. The molecule has 0 aliphatic rings. The minimum absolute atomic E-state index is 0.165. The van der Waals surface area contributed by atoms with Crippen molar-refractivity contribution in [3.8, 4) is 0 Å². The van der Waals surface area contributed by atoms with Crippen LogP contribution in [0, 0.1) is 5.82 Å². The molecule has 0 radical (unpaired) electrons. The van der Waals surface area contributed by atoms with Gasteiger partial charge in [-0.3, -0.25) is 0 Å². The number of nitrogens with two attached hydrogens (primary N) is 1. The van der Waals surface area contributed by atoms with Gasteiger partial charge in [0.1, 0.15) is 0 Å². The number of aromatic nitrogens is 1. The van der Waals surface area contributed by atoms with Gasteiger partial charge in [0.05, 0.1) is 0 Å². The molecule has 0 fully saturated rings. The third kappa shape index (κ3) is 4.22. The molecular weight excluding hydrogens is 450 g/mol. The molecule has 22 heavy (non-hydrogen) atoms. The standard InChI is InChI=1S/C14H13BrFN2.3CH3.Sn/c1-9(10-3-2-4-13(16)7-10)5-11-6-12(15)8-18-14(11)17;;;;/h2,4,6-9H,5H2,1H3,(H2,17,18);3*1H3;/t9-;;;;/m0..../s1. The summed E-state index contributed by atoms with van der Waals surface area (Å²) in [5.74, 6) is 0.591. The number of anilines is 1. The Morgan fingerprint density at radius 2 is 1.95 bits per heavy atom. The summed E-state index contributed by atoms with van der Waals surface area (Å²) >= 11 is 1.14. The van der Waals surface area contributed by atoms with Crippen LogP contribution in [0.5, 0.6) is 0 Å². The fraction of sp³-hybridized carbons (Fsp3) is 0.353. The summed E-state index contributed by atoms with van der Waals surface area (Å²) in [7, 11) is 0. The number of halogens is 2. The molecule has 0 saturated carbocycles. The number of hydrogen-bond acceptors (Lipinski definition) is 2. The number of pyridine rings is 1. The molecule has 1 atom stereocenters. The van der Waals surface area contributed by atoms with Gasteiger partial charge in [-0.05, 0) is 0 Å². The van der Waals surface area contributed by atoms with Crippen molar-refractivity contribution in [1.29, 1.82) is 0 Å². The molecule has 0 aliphatic heterocycles. The van der Waals surface area contributed by atoms with E-state index < -0.39 is 18.4 Å². The number of benzene rings is 1. The Hall–Kier alpha value is -0.621. The van der Waals surface area contributed by atoms with Crippen LogP contribution in [0.3, 0.4) is 0 Å². The molecule has 0 unspecified atom stereocenters. The number of nitrogen functional groups attached to an aromatic ring is 1. The Morgan fingerprint density at radius 1 is 1.27 bits per heavy atom. The van der Waals surface area contributed by atoms with Gasteiger partial charge in [-0.1, -0.05) is 0 Å². The minimum atomic E-state index is -2.30. The van der Waals surface area contributed by atoms with E-state index in [0.29, 0.717) is 5.82 Å². The van der Waals surface area contributed by atoms with Crippen molar-refractivity contribution < 1.29 is 4.39 Å². The fourth-order valence-electron chi connectivity index (χ4n) is 2.72. The Bertz CT molecular complexity index is 683. The summed E-state index contributed by atoms with van der Waals surface area (Å²) in [6.07, 6.45) is 2.46. The first-order valence-electron chi connectivity index (χ1n) is 7.38. The molecule has 0 spiro atoms. The first-order chi connectivity index (χ1) is 10.2. The van der Waals surface area contributed by atoms with Crippen LogP contribution in [0.2, 0.25) is 14.8 Å². The first-order valence-corrected chi connectivity index (χ1v) is 18.2. The number of nitrogens with zero attached hydrogens (tertiary/aromatic N) is 1. The zero-order valence-corrected chi connectivity index (χ0v) is 17.9. The van der Waals surface area contributed by atoms with Gasteiger partial charge in [0.15, 0.2) is 0 Å². The van der Waals surface area contributed by atoms with Crippen molar-refractivity contribution in [3.05, 3.63) is 51.9 Å². The van der Waals surface area contributed by atoms with Gasteiger partial charge in [-0.25, -0.2) is 0 Å². The van der Waals surface area contributed by atoms with Gasteiger partial charge in [0, 0.05) is 0 Å². The molecule has 1 aromatic heterocycles. The van der Waals surface area contributed by atoms with E-state index in [-0.39, 0.29) is 11.7 Å². The van der Waals surface area contributed by atoms with Crippen molar-refractivity contribution >= 4 is 43.7 Å². The summed E-state index contributed by atoms with van der Waals surface area (Å²) < 4.78 is 16.1. The third-order valence-electron chi connectivity index (χ3n) is 3.85. The quantitative estimate of drug-likeness (QED) is 0.669. The average molecular weight is 472 g/mol. The molecule has 2 aromatic rings. The maximum absolute atomic E-state index is 13.8. The summed E-state index contributed by atoms with van der Waals surface area (Å²) in [6, 6.07) is 7.27. The predicted molar refractivity (Wildman–Crippen MR) is 97.8 cm³/mol. The van der Waals surface area contributed by atoms with E-state index in [4.69, 9.17) is 5.73 Å². The molecular formula is C17H22BrFN2Sn. The van der Waals surface area contributed by atoms with Crippen LogP contribution in [0.25, 0.3) is 0 Å². The number of rotatable bonds is 4. The van der Waals surface area contributed by atoms with Crippen molar-refractivity contribution in [2.45, 2.75) is 34.1 Å². The van der Waals surface area contributed by atoms with Gasteiger partial charge < -0.3 is 0 Å². The second-order valence-electron chi connectivity index (χ2n) is 6.78. The molecule has 2 nitrogen and oxygen atoms in total. The monoisotopic (exact) mass is 472 g/mol. The Kier molecular flexibility index (Phi) is 5.54. The molecule has 0 saturated heterocycles. The van der Waals surface area contributed by atoms with Crippen LogP contribution in [0.4, 0.5) is 10.2 Å². The second kappa shape index (κ2) is 6.87. The van der Waals surface area contributed by atoms with Gasteiger partial charge in [0.25, 0.3) is 0 Å². The molecule has 0 aliphatic carbocycles. The van der Waals surface area contributed by atoms with Crippen LogP contribution in [-0.4, -0.2) is 23.4 Å². The van der Waals surface area contributed by atoms with Crippen molar-refractivity contribution in [1.82, 2.24) is 4.98 Å². The van der Waals surface area contributed by atoms with E-state index in [1.807, 2.05) is 12.1 Å². The summed E-state index contributed by atoms with van der Waals surface area (Å²) in [5.41, 5.74) is 8.11. The van der Waals surface area contributed by atoms with Gasteiger partial charge >= 0.3 is 145 Å². The molecule has 2 N–H and O–H groups in total. The summed E-state index contributed by atoms with van der Waals surface area (Å²) in [6.45, 7) is 2.14. The SMILES string of the molecule is C[C@@H](Cc1cc(Br)cnc1N)c1cc(F)cc[c]1[Sn]([CH3])([CH3])[CH3]. The second-order valence-corrected chi connectivity index (χ2v) is 22.1. The Morgan fingerprint density at radius 3 is 2.59 bits per heavy atom.